The Labute approximate surface area is 171 Å². The fourth-order valence-corrected chi connectivity index (χ4v) is 3.59. The fourth-order valence-electron chi connectivity index (χ4n) is 3.59. The maximum atomic E-state index is 5.49. The lowest BCUT2D eigenvalue weighted by molar-refractivity contribution is 0.279. The molecule has 1 saturated heterocycles. The Hall–Kier alpha value is -2.80. The SMILES string of the molecule is CC(C)c1ccc(-c2noc(CCN3CCCN(c4ncccn4)CC3)n2)cc1. The number of hydrogen-bond acceptors (Lipinski definition) is 7. The van der Waals surface area contributed by atoms with Crippen LogP contribution in [0.25, 0.3) is 11.4 Å². The van der Waals surface area contributed by atoms with Crippen LogP contribution in [0.1, 0.15) is 37.6 Å². The van der Waals surface area contributed by atoms with Crippen LogP contribution < -0.4 is 4.90 Å². The van der Waals surface area contributed by atoms with Gasteiger partial charge >= 0.3 is 0 Å². The van der Waals surface area contributed by atoms with Gasteiger partial charge in [-0.05, 0) is 30.5 Å². The molecule has 1 fully saturated rings. The Kier molecular flexibility index (Phi) is 6.14. The maximum absolute atomic E-state index is 5.49. The molecule has 3 heterocycles. The molecule has 7 heteroatoms. The molecule has 1 aliphatic heterocycles. The van der Waals surface area contributed by atoms with Crippen molar-refractivity contribution in [2.75, 3.05) is 37.6 Å². The zero-order valence-electron chi connectivity index (χ0n) is 17.2. The molecule has 0 N–H and O–H groups in total. The van der Waals surface area contributed by atoms with Crippen molar-refractivity contribution in [2.45, 2.75) is 32.6 Å². The number of hydrogen-bond donors (Lipinski definition) is 0. The van der Waals surface area contributed by atoms with E-state index in [0.717, 1.165) is 57.1 Å². The van der Waals surface area contributed by atoms with Crippen LogP contribution >= 0.6 is 0 Å². The molecule has 29 heavy (non-hydrogen) atoms. The minimum atomic E-state index is 0.517. The van der Waals surface area contributed by atoms with Crippen molar-refractivity contribution in [3.63, 3.8) is 0 Å². The van der Waals surface area contributed by atoms with E-state index in [0.29, 0.717) is 17.6 Å². The van der Waals surface area contributed by atoms with Crippen LogP contribution in [0, 0.1) is 0 Å². The summed E-state index contributed by atoms with van der Waals surface area (Å²) >= 11 is 0. The zero-order valence-corrected chi connectivity index (χ0v) is 17.2. The van der Waals surface area contributed by atoms with E-state index in [1.165, 1.54) is 5.56 Å². The van der Waals surface area contributed by atoms with Gasteiger partial charge in [0.05, 0.1) is 0 Å². The van der Waals surface area contributed by atoms with Crippen LogP contribution in [0.5, 0.6) is 0 Å². The maximum Gasteiger partial charge on any atom is 0.228 e. The Morgan fingerprint density at radius 3 is 2.55 bits per heavy atom. The van der Waals surface area contributed by atoms with Gasteiger partial charge in [-0.2, -0.15) is 4.98 Å². The first kappa shape index (κ1) is 19.5. The van der Waals surface area contributed by atoms with Gasteiger partial charge in [0.25, 0.3) is 0 Å². The van der Waals surface area contributed by atoms with Crippen LogP contribution in [-0.4, -0.2) is 57.7 Å². The minimum Gasteiger partial charge on any atom is -0.339 e. The summed E-state index contributed by atoms with van der Waals surface area (Å²) in [4.78, 5) is 18.0. The fraction of sp³-hybridized carbons (Fsp3) is 0.455. The van der Waals surface area contributed by atoms with E-state index in [1.54, 1.807) is 12.4 Å². The van der Waals surface area contributed by atoms with Gasteiger partial charge in [-0.3, -0.25) is 0 Å². The summed E-state index contributed by atoms with van der Waals surface area (Å²) in [6.45, 7) is 9.25. The molecule has 152 valence electrons. The van der Waals surface area contributed by atoms with E-state index < -0.39 is 0 Å². The summed E-state index contributed by atoms with van der Waals surface area (Å²) in [7, 11) is 0. The molecule has 0 atom stereocenters. The molecule has 0 spiro atoms. The lowest BCUT2D eigenvalue weighted by Gasteiger charge is -2.21. The first-order chi connectivity index (χ1) is 14.2. The lowest BCUT2D eigenvalue weighted by Crippen LogP contribution is -2.32. The number of rotatable bonds is 6. The van der Waals surface area contributed by atoms with Gasteiger partial charge in [0, 0.05) is 50.6 Å². The molecule has 3 aromatic rings. The summed E-state index contributed by atoms with van der Waals surface area (Å²) in [5.41, 5.74) is 2.31. The molecule has 0 saturated carbocycles. The highest BCUT2D eigenvalue weighted by molar-refractivity contribution is 5.54. The summed E-state index contributed by atoms with van der Waals surface area (Å²) in [5, 5.41) is 4.17. The topological polar surface area (TPSA) is 71.2 Å². The van der Waals surface area contributed by atoms with Gasteiger partial charge in [-0.1, -0.05) is 43.3 Å². The zero-order chi connectivity index (χ0) is 20.1. The molecule has 1 aliphatic rings. The summed E-state index contributed by atoms with van der Waals surface area (Å²) in [5.74, 6) is 2.70. The van der Waals surface area contributed by atoms with Gasteiger partial charge < -0.3 is 14.3 Å². The molecule has 7 nitrogen and oxygen atoms in total. The van der Waals surface area contributed by atoms with Crippen molar-refractivity contribution in [2.24, 2.45) is 0 Å². The quantitative estimate of drug-likeness (QED) is 0.636. The normalized spacial score (nSPS) is 15.6. The second-order valence-electron chi connectivity index (χ2n) is 7.77. The molecule has 0 radical (unpaired) electrons. The van der Waals surface area contributed by atoms with E-state index in [4.69, 9.17) is 4.52 Å². The highest BCUT2D eigenvalue weighted by atomic mass is 16.5. The first-order valence-corrected chi connectivity index (χ1v) is 10.4. The van der Waals surface area contributed by atoms with E-state index in [2.05, 4.69) is 68.0 Å². The summed E-state index contributed by atoms with van der Waals surface area (Å²) in [6, 6.07) is 10.3. The van der Waals surface area contributed by atoms with Crippen molar-refractivity contribution in [3.05, 3.63) is 54.2 Å². The third-order valence-corrected chi connectivity index (χ3v) is 5.37. The standard InChI is InChI=1S/C22H28N6O/c1-17(2)18-5-7-19(8-6-18)21-25-20(29-26-21)9-14-27-12-4-13-28(16-15-27)22-23-10-3-11-24-22/h3,5-8,10-11,17H,4,9,12-16H2,1-2H3. The van der Waals surface area contributed by atoms with Crippen LogP contribution in [0.4, 0.5) is 5.95 Å². The number of benzene rings is 1. The van der Waals surface area contributed by atoms with Crippen LogP contribution in [0.3, 0.4) is 0 Å². The van der Waals surface area contributed by atoms with Crippen molar-refractivity contribution >= 4 is 5.95 Å². The monoisotopic (exact) mass is 392 g/mol. The van der Waals surface area contributed by atoms with Crippen molar-refractivity contribution in [1.29, 1.82) is 0 Å². The smallest absolute Gasteiger partial charge is 0.228 e. The van der Waals surface area contributed by atoms with Crippen molar-refractivity contribution in [3.8, 4) is 11.4 Å². The summed E-state index contributed by atoms with van der Waals surface area (Å²) in [6.07, 6.45) is 5.46. The largest absolute Gasteiger partial charge is 0.339 e. The van der Waals surface area contributed by atoms with Gasteiger partial charge in [0.1, 0.15) is 0 Å². The average molecular weight is 393 g/mol. The molecule has 0 aliphatic carbocycles. The van der Waals surface area contributed by atoms with E-state index in [9.17, 15) is 0 Å². The van der Waals surface area contributed by atoms with E-state index in [-0.39, 0.29) is 0 Å². The number of anilines is 1. The van der Waals surface area contributed by atoms with Crippen LogP contribution in [0.15, 0.2) is 47.2 Å². The highest BCUT2D eigenvalue weighted by Crippen LogP contribution is 2.20. The molecule has 1 aromatic carbocycles. The number of nitrogens with zero attached hydrogens (tertiary/aromatic N) is 6. The Morgan fingerprint density at radius 2 is 1.79 bits per heavy atom. The van der Waals surface area contributed by atoms with E-state index in [1.807, 2.05) is 6.07 Å². The molecule has 4 rings (SSSR count). The molecule has 2 aromatic heterocycles. The lowest BCUT2D eigenvalue weighted by atomic mass is 10.0. The first-order valence-electron chi connectivity index (χ1n) is 10.4. The van der Waals surface area contributed by atoms with Gasteiger partial charge in [-0.25, -0.2) is 9.97 Å². The molecular formula is C22H28N6O. The molecule has 0 bridgehead atoms. The Balaban J connectivity index is 1.30. The highest BCUT2D eigenvalue weighted by Gasteiger charge is 2.17. The van der Waals surface area contributed by atoms with E-state index >= 15 is 0 Å². The van der Waals surface area contributed by atoms with Gasteiger partial charge in [0.15, 0.2) is 0 Å². The third-order valence-electron chi connectivity index (χ3n) is 5.37. The molecule has 0 amide bonds. The predicted octanol–water partition coefficient (Wildman–Crippen LogP) is 3.40. The van der Waals surface area contributed by atoms with Crippen molar-refractivity contribution < 1.29 is 4.52 Å². The van der Waals surface area contributed by atoms with Gasteiger partial charge in [-0.15, -0.1) is 0 Å². The summed E-state index contributed by atoms with van der Waals surface area (Å²) < 4.78 is 5.49. The van der Waals surface area contributed by atoms with Crippen LogP contribution in [0.2, 0.25) is 0 Å². The van der Waals surface area contributed by atoms with Crippen LogP contribution in [-0.2, 0) is 6.42 Å². The Bertz CT molecular complexity index is 893. The molecular weight excluding hydrogens is 364 g/mol. The van der Waals surface area contributed by atoms with Crippen molar-refractivity contribution in [1.82, 2.24) is 25.0 Å². The number of aromatic nitrogens is 4. The Morgan fingerprint density at radius 1 is 1.00 bits per heavy atom. The molecule has 0 unspecified atom stereocenters. The van der Waals surface area contributed by atoms with Gasteiger partial charge in [0.2, 0.25) is 17.7 Å². The predicted molar refractivity (Wildman–Crippen MR) is 113 cm³/mol. The second kappa shape index (κ2) is 9.13. The average Bonchev–Trinajstić information content (AvgIpc) is 3.10. The minimum absolute atomic E-state index is 0.517. The second-order valence-corrected chi connectivity index (χ2v) is 7.77. The third kappa shape index (κ3) is 4.98.